The van der Waals surface area contributed by atoms with E-state index in [0.29, 0.717) is 12.1 Å². The van der Waals surface area contributed by atoms with E-state index >= 15 is 0 Å². The van der Waals surface area contributed by atoms with Gasteiger partial charge in [-0.1, -0.05) is 18.2 Å². The van der Waals surface area contributed by atoms with E-state index in [1.54, 1.807) is 0 Å². The fraction of sp³-hybridized carbons (Fsp3) is 0.467. The van der Waals surface area contributed by atoms with Gasteiger partial charge >= 0.3 is 0 Å². The molecule has 1 aliphatic heterocycles. The third-order valence-corrected chi connectivity index (χ3v) is 4.03. The zero-order chi connectivity index (χ0) is 12.7. The van der Waals surface area contributed by atoms with Gasteiger partial charge in [0.15, 0.2) is 0 Å². The molecule has 4 rings (SSSR count). The Bertz CT molecular complexity index is 597. The van der Waals surface area contributed by atoms with Crippen molar-refractivity contribution in [2.75, 3.05) is 11.9 Å². The van der Waals surface area contributed by atoms with E-state index in [-0.39, 0.29) is 0 Å². The van der Waals surface area contributed by atoms with Crippen molar-refractivity contribution in [3.8, 4) is 0 Å². The average Bonchev–Trinajstić information content (AvgIpc) is 3.19. The van der Waals surface area contributed by atoms with Gasteiger partial charge in [-0.25, -0.2) is 9.97 Å². The van der Waals surface area contributed by atoms with E-state index in [9.17, 15) is 0 Å². The van der Waals surface area contributed by atoms with Crippen LogP contribution in [0.2, 0.25) is 0 Å². The number of anilines is 1. The number of aromatic nitrogens is 2. The van der Waals surface area contributed by atoms with Crippen molar-refractivity contribution in [2.45, 2.75) is 31.4 Å². The summed E-state index contributed by atoms with van der Waals surface area (Å²) >= 11 is 0. The van der Waals surface area contributed by atoms with Crippen LogP contribution in [0.3, 0.4) is 0 Å². The molecule has 4 heteroatoms. The molecule has 0 amide bonds. The topological polar surface area (TPSA) is 47.0 Å². The first-order valence-corrected chi connectivity index (χ1v) is 7.00. The van der Waals surface area contributed by atoms with Crippen LogP contribution >= 0.6 is 0 Å². The molecule has 2 fully saturated rings. The number of para-hydroxylation sites is 1. The van der Waals surface area contributed by atoms with E-state index in [2.05, 4.69) is 15.3 Å². The zero-order valence-electron chi connectivity index (χ0n) is 10.7. The summed E-state index contributed by atoms with van der Waals surface area (Å²) < 4.78 is 5.83. The van der Waals surface area contributed by atoms with Crippen molar-refractivity contribution in [1.29, 1.82) is 0 Å². The van der Waals surface area contributed by atoms with E-state index in [1.807, 2.05) is 30.5 Å². The molecule has 1 aromatic carbocycles. The van der Waals surface area contributed by atoms with Gasteiger partial charge in [0.2, 0.25) is 5.95 Å². The van der Waals surface area contributed by atoms with Crippen LogP contribution in [0.4, 0.5) is 5.95 Å². The first kappa shape index (κ1) is 11.2. The summed E-state index contributed by atoms with van der Waals surface area (Å²) in [5.41, 5.74) is 0.988. The lowest BCUT2D eigenvalue weighted by Crippen LogP contribution is -2.31. The van der Waals surface area contributed by atoms with Gasteiger partial charge in [0.25, 0.3) is 0 Å². The second-order valence-corrected chi connectivity index (χ2v) is 5.46. The van der Waals surface area contributed by atoms with Crippen molar-refractivity contribution >= 4 is 16.9 Å². The molecule has 2 aromatic rings. The van der Waals surface area contributed by atoms with Crippen LogP contribution in [0.25, 0.3) is 10.9 Å². The maximum atomic E-state index is 5.83. The zero-order valence-corrected chi connectivity index (χ0v) is 10.7. The van der Waals surface area contributed by atoms with Gasteiger partial charge in [0.05, 0.1) is 17.7 Å². The van der Waals surface area contributed by atoms with Gasteiger partial charge in [0, 0.05) is 18.2 Å². The predicted molar refractivity (Wildman–Crippen MR) is 74.0 cm³/mol. The van der Waals surface area contributed by atoms with E-state index in [4.69, 9.17) is 4.74 Å². The minimum atomic E-state index is 0.357. The molecule has 0 radical (unpaired) electrons. The van der Waals surface area contributed by atoms with E-state index in [0.717, 1.165) is 35.8 Å². The van der Waals surface area contributed by atoms with E-state index in [1.165, 1.54) is 12.8 Å². The van der Waals surface area contributed by atoms with Crippen LogP contribution < -0.4 is 5.32 Å². The van der Waals surface area contributed by atoms with Gasteiger partial charge in [-0.05, 0) is 31.2 Å². The molecule has 1 N–H and O–H groups in total. The largest absolute Gasteiger partial charge is 0.376 e. The van der Waals surface area contributed by atoms with E-state index < -0.39 is 0 Å². The monoisotopic (exact) mass is 255 g/mol. The second kappa shape index (κ2) is 4.46. The average molecular weight is 255 g/mol. The van der Waals surface area contributed by atoms with Crippen LogP contribution in [-0.2, 0) is 4.74 Å². The maximum Gasteiger partial charge on any atom is 0.223 e. The Balaban J connectivity index is 1.57. The third kappa shape index (κ3) is 2.16. The molecule has 1 saturated carbocycles. The molecule has 1 saturated heterocycles. The number of ether oxygens (including phenoxy) is 1. The summed E-state index contributed by atoms with van der Waals surface area (Å²) in [6.45, 7) is 0.854. The van der Waals surface area contributed by atoms with Crippen molar-refractivity contribution in [2.24, 2.45) is 5.92 Å². The Labute approximate surface area is 112 Å². The first-order chi connectivity index (χ1) is 9.40. The van der Waals surface area contributed by atoms with Gasteiger partial charge < -0.3 is 10.1 Å². The number of hydrogen-bond acceptors (Lipinski definition) is 4. The predicted octanol–water partition coefficient (Wildman–Crippen LogP) is 2.61. The summed E-state index contributed by atoms with van der Waals surface area (Å²) in [6, 6.07) is 8.43. The Morgan fingerprint density at radius 3 is 2.95 bits per heavy atom. The quantitative estimate of drug-likeness (QED) is 0.915. The molecule has 1 aromatic heterocycles. The molecular formula is C15H17N3O. The standard InChI is InChI=1S/C15H17N3O/c1-2-4-12-11(3-1)9-16-15(17-12)18-13-7-8-19-14(13)10-5-6-10/h1-4,9-10,13-14H,5-8H2,(H,16,17,18). The fourth-order valence-electron chi connectivity index (χ4n) is 2.86. The number of rotatable bonds is 3. The number of nitrogens with one attached hydrogen (secondary N) is 1. The third-order valence-electron chi connectivity index (χ3n) is 4.03. The summed E-state index contributed by atoms with van der Waals surface area (Å²) in [7, 11) is 0. The molecule has 2 heterocycles. The van der Waals surface area contributed by atoms with Crippen molar-refractivity contribution in [3.63, 3.8) is 0 Å². The molecule has 2 unspecified atom stereocenters. The molecule has 2 aliphatic rings. The highest BCUT2D eigenvalue weighted by molar-refractivity contribution is 5.78. The lowest BCUT2D eigenvalue weighted by Gasteiger charge is -2.19. The molecule has 0 bridgehead atoms. The summed E-state index contributed by atoms with van der Waals surface area (Å²) in [5, 5.41) is 4.54. The highest BCUT2D eigenvalue weighted by Gasteiger charge is 2.40. The molecule has 2 atom stereocenters. The van der Waals surface area contributed by atoms with Crippen LogP contribution in [0.5, 0.6) is 0 Å². The SMILES string of the molecule is c1ccc2nc(NC3CCOC3C3CC3)ncc2c1. The highest BCUT2D eigenvalue weighted by Crippen LogP contribution is 2.39. The molecule has 1 aliphatic carbocycles. The number of hydrogen-bond donors (Lipinski definition) is 1. The number of nitrogens with zero attached hydrogens (tertiary/aromatic N) is 2. The van der Waals surface area contributed by atoms with Crippen LogP contribution in [0.15, 0.2) is 30.5 Å². The highest BCUT2D eigenvalue weighted by atomic mass is 16.5. The Kier molecular flexibility index (Phi) is 2.62. The normalized spacial score (nSPS) is 26.7. The second-order valence-electron chi connectivity index (χ2n) is 5.46. The first-order valence-electron chi connectivity index (χ1n) is 7.00. The minimum Gasteiger partial charge on any atom is -0.376 e. The van der Waals surface area contributed by atoms with Gasteiger partial charge in [0.1, 0.15) is 0 Å². The van der Waals surface area contributed by atoms with Crippen molar-refractivity contribution < 1.29 is 4.74 Å². The summed E-state index contributed by atoms with van der Waals surface area (Å²) in [4.78, 5) is 8.98. The van der Waals surface area contributed by atoms with Crippen LogP contribution in [-0.4, -0.2) is 28.7 Å². The molecule has 98 valence electrons. The number of fused-ring (bicyclic) bond motifs is 1. The van der Waals surface area contributed by atoms with Crippen LogP contribution in [0.1, 0.15) is 19.3 Å². The molecule has 19 heavy (non-hydrogen) atoms. The van der Waals surface area contributed by atoms with Gasteiger partial charge in [-0.15, -0.1) is 0 Å². The Morgan fingerprint density at radius 1 is 1.16 bits per heavy atom. The van der Waals surface area contributed by atoms with Gasteiger partial charge in [-0.2, -0.15) is 0 Å². The summed E-state index contributed by atoms with van der Waals surface area (Å²) in [6.07, 6.45) is 5.90. The van der Waals surface area contributed by atoms with Gasteiger partial charge in [-0.3, -0.25) is 0 Å². The fourth-order valence-corrected chi connectivity index (χ4v) is 2.86. The lowest BCUT2D eigenvalue weighted by atomic mass is 10.1. The molecule has 4 nitrogen and oxygen atoms in total. The Hall–Kier alpha value is -1.68. The smallest absolute Gasteiger partial charge is 0.223 e. The van der Waals surface area contributed by atoms with Crippen molar-refractivity contribution in [1.82, 2.24) is 9.97 Å². The minimum absolute atomic E-state index is 0.357. The Morgan fingerprint density at radius 2 is 2.05 bits per heavy atom. The van der Waals surface area contributed by atoms with Crippen LogP contribution in [0, 0.1) is 5.92 Å². The maximum absolute atomic E-state index is 5.83. The summed E-state index contributed by atoms with van der Waals surface area (Å²) in [5.74, 6) is 1.47. The van der Waals surface area contributed by atoms with Crippen molar-refractivity contribution in [3.05, 3.63) is 30.5 Å². The molecule has 0 spiro atoms. The lowest BCUT2D eigenvalue weighted by molar-refractivity contribution is 0.0897. The molecular weight excluding hydrogens is 238 g/mol. The number of benzene rings is 1.